The van der Waals surface area contributed by atoms with Gasteiger partial charge in [-0.1, -0.05) is 24.6 Å². The Labute approximate surface area is 184 Å². The molecular formula is C23H25ClN4O3. The smallest absolute Gasteiger partial charge is 0.316 e. The summed E-state index contributed by atoms with van der Waals surface area (Å²) < 4.78 is 2.70. The van der Waals surface area contributed by atoms with Gasteiger partial charge in [-0.25, -0.2) is 0 Å². The number of aryl methyl sites for hydroxylation is 2. The van der Waals surface area contributed by atoms with Crippen LogP contribution >= 0.6 is 11.6 Å². The largest absolute Gasteiger partial charge is 0.370 e. The number of rotatable bonds is 3. The molecule has 7 nitrogen and oxygen atoms in total. The molecular weight excluding hydrogens is 416 g/mol. The van der Waals surface area contributed by atoms with Crippen LogP contribution in [0.4, 0.5) is 11.4 Å². The molecule has 0 unspecified atom stereocenters. The molecule has 1 N–H and O–H groups in total. The van der Waals surface area contributed by atoms with E-state index in [1.807, 2.05) is 6.07 Å². The van der Waals surface area contributed by atoms with E-state index in [-0.39, 0.29) is 5.91 Å². The molecule has 2 aromatic carbocycles. The van der Waals surface area contributed by atoms with Crippen molar-refractivity contribution < 1.29 is 4.79 Å². The Hall–Kier alpha value is -3.06. The summed E-state index contributed by atoms with van der Waals surface area (Å²) in [5, 5.41) is 3.47. The van der Waals surface area contributed by atoms with Gasteiger partial charge >= 0.3 is 11.1 Å². The van der Waals surface area contributed by atoms with Gasteiger partial charge in [0.1, 0.15) is 0 Å². The molecule has 8 heteroatoms. The zero-order valence-electron chi connectivity index (χ0n) is 17.8. The number of halogens is 1. The van der Waals surface area contributed by atoms with Gasteiger partial charge in [-0.3, -0.25) is 14.4 Å². The topological polar surface area (TPSA) is 76.3 Å². The highest BCUT2D eigenvalue weighted by atomic mass is 35.5. The van der Waals surface area contributed by atoms with Crippen LogP contribution in [0.1, 0.15) is 30.1 Å². The number of anilines is 2. The van der Waals surface area contributed by atoms with E-state index < -0.39 is 11.1 Å². The predicted octanol–water partition coefficient (Wildman–Crippen LogP) is 3.38. The van der Waals surface area contributed by atoms with E-state index in [2.05, 4.69) is 17.1 Å². The third-order valence-electron chi connectivity index (χ3n) is 6.07. The van der Waals surface area contributed by atoms with Gasteiger partial charge in [-0.2, -0.15) is 0 Å². The maximum Gasteiger partial charge on any atom is 0.316 e. The quantitative estimate of drug-likeness (QED) is 0.633. The lowest BCUT2D eigenvalue weighted by molar-refractivity contribution is 0.102. The van der Waals surface area contributed by atoms with Gasteiger partial charge in [0.25, 0.3) is 5.91 Å². The normalized spacial score (nSPS) is 14.8. The average Bonchev–Trinajstić information content (AvgIpc) is 2.76. The van der Waals surface area contributed by atoms with Crippen LogP contribution in [0.5, 0.6) is 0 Å². The van der Waals surface area contributed by atoms with Gasteiger partial charge in [0.05, 0.1) is 22.4 Å². The van der Waals surface area contributed by atoms with Crippen molar-refractivity contribution >= 4 is 39.9 Å². The summed E-state index contributed by atoms with van der Waals surface area (Å²) in [6, 6.07) is 10.4. The zero-order chi connectivity index (χ0) is 22.3. The van der Waals surface area contributed by atoms with E-state index in [0.29, 0.717) is 33.2 Å². The molecule has 1 aliphatic heterocycles. The van der Waals surface area contributed by atoms with E-state index in [1.54, 1.807) is 44.4 Å². The number of nitrogens with one attached hydrogen (secondary N) is 1. The number of aromatic nitrogens is 2. The molecule has 2 heterocycles. The Bertz CT molecular complexity index is 1290. The number of hydrogen-bond donors (Lipinski definition) is 1. The fourth-order valence-corrected chi connectivity index (χ4v) is 4.23. The highest BCUT2D eigenvalue weighted by Crippen LogP contribution is 2.33. The van der Waals surface area contributed by atoms with Crippen molar-refractivity contribution in [2.75, 3.05) is 23.3 Å². The van der Waals surface area contributed by atoms with E-state index in [9.17, 15) is 14.4 Å². The highest BCUT2D eigenvalue weighted by Gasteiger charge is 2.22. The Kier molecular flexibility index (Phi) is 5.62. The standard InChI is InChI=1S/C23H25ClN4O3/c1-14-7-9-28(10-8-14)18-13-20-19(26(2)22(30)23(31)27(20)3)12-17(18)25-21(29)15-5-4-6-16(24)11-15/h4-6,11-14H,7-10H2,1-3H3,(H,25,29). The maximum atomic E-state index is 13.0. The Morgan fingerprint density at radius 3 is 2.23 bits per heavy atom. The van der Waals surface area contributed by atoms with E-state index >= 15 is 0 Å². The first kappa shape index (κ1) is 21.2. The molecule has 1 saturated heterocycles. The average molecular weight is 441 g/mol. The van der Waals surface area contributed by atoms with Crippen LogP contribution in [0.25, 0.3) is 11.0 Å². The lowest BCUT2D eigenvalue weighted by Crippen LogP contribution is -2.39. The minimum atomic E-state index is -0.610. The second-order valence-electron chi connectivity index (χ2n) is 8.22. The Morgan fingerprint density at radius 1 is 1.00 bits per heavy atom. The van der Waals surface area contributed by atoms with Crippen molar-refractivity contribution in [3.05, 3.63) is 67.7 Å². The third kappa shape index (κ3) is 3.97. The van der Waals surface area contributed by atoms with Crippen molar-refractivity contribution in [3.8, 4) is 0 Å². The molecule has 0 saturated carbocycles. The summed E-state index contributed by atoms with van der Waals surface area (Å²) in [4.78, 5) is 39.9. The molecule has 1 aromatic heterocycles. The monoisotopic (exact) mass is 440 g/mol. The second kappa shape index (κ2) is 8.23. The molecule has 1 amide bonds. The molecule has 0 radical (unpaired) electrons. The number of hydrogen-bond acceptors (Lipinski definition) is 4. The Morgan fingerprint density at radius 2 is 1.61 bits per heavy atom. The molecule has 4 rings (SSSR count). The van der Waals surface area contributed by atoms with Crippen LogP contribution in [0.15, 0.2) is 46.0 Å². The fraction of sp³-hybridized carbons (Fsp3) is 0.348. The van der Waals surface area contributed by atoms with Gasteiger partial charge in [-0.05, 0) is 49.1 Å². The van der Waals surface area contributed by atoms with Crippen LogP contribution in [0.2, 0.25) is 5.02 Å². The minimum absolute atomic E-state index is 0.289. The van der Waals surface area contributed by atoms with Crippen molar-refractivity contribution in [1.82, 2.24) is 9.13 Å². The van der Waals surface area contributed by atoms with Gasteiger partial charge in [0, 0.05) is 37.8 Å². The zero-order valence-corrected chi connectivity index (χ0v) is 18.6. The summed E-state index contributed by atoms with van der Waals surface area (Å²) in [6.07, 6.45) is 2.10. The molecule has 3 aromatic rings. The fourth-order valence-electron chi connectivity index (χ4n) is 4.04. The number of piperidine rings is 1. The number of amides is 1. The van der Waals surface area contributed by atoms with Gasteiger partial charge in [0.2, 0.25) is 0 Å². The lowest BCUT2D eigenvalue weighted by atomic mass is 9.98. The number of carbonyl (C=O) groups excluding carboxylic acids is 1. The van der Waals surface area contributed by atoms with Crippen LogP contribution in [-0.4, -0.2) is 28.1 Å². The molecule has 0 spiro atoms. The number of carbonyl (C=O) groups is 1. The molecule has 0 bridgehead atoms. The van der Waals surface area contributed by atoms with E-state index in [4.69, 9.17) is 11.6 Å². The van der Waals surface area contributed by atoms with Crippen LogP contribution in [-0.2, 0) is 14.1 Å². The number of benzene rings is 2. The molecule has 1 aliphatic rings. The van der Waals surface area contributed by atoms with E-state index in [0.717, 1.165) is 31.6 Å². The summed E-state index contributed by atoms with van der Waals surface area (Å²) in [5.74, 6) is 0.356. The van der Waals surface area contributed by atoms with Crippen LogP contribution in [0, 0.1) is 5.92 Å². The molecule has 1 fully saturated rings. The van der Waals surface area contributed by atoms with Crippen LogP contribution < -0.4 is 21.3 Å². The van der Waals surface area contributed by atoms with Crippen molar-refractivity contribution in [3.63, 3.8) is 0 Å². The summed E-state index contributed by atoms with van der Waals surface area (Å²) in [7, 11) is 3.16. The summed E-state index contributed by atoms with van der Waals surface area (Å²) in [5.41, 5.74) is 1.90. The second-order valence-corrected chi connectivity index (χ2v) is 8.66. The van der Waals surface area contributed by atoms with Crippen molar-refractivity contribution in [2.24, 2.45) is 20.0 Å². The van der Waals surface area contributed by atoms with Gasteiger partial charge in [-0.15, -0.1) is 0 Å². The number of fused-ring (bicyclic) bond motifs is 1. The van der Waals surface area contributed by atoms with Gasteiger partial charge in [0.15, 0.2) is 0 Å². The van der Waals surface area contributed by atoms with Gasteiger partial charge < -0.3 is 19.4 Å². The highest BCUT2D eigenvalue weighted by molar-refractivity contribution is 6.31. The SMILES string of the molecule is CC1CCN(c2cc3c(cc2NC(=O)c2cccc(Cl)c2)n(C)c(=O)c(=O)n3C)CC1. The summed E-state index contributed by atoms with van der Waals surface area (Å²) >= 11 is 6.05. The predicted molar refractivity (Wildman–Crippen MR) is 124 cm³/mol. The molecule has 0 atom stereocenters. The molecule has 31 heavy (non-hydrogen) atoms. The lowest BCUT2D eigenvalue weighted by Gasteiger charge is -2.34. The third-order valence-corrected chi connectivity index (χ3v) is 6.30. The summed E-state index contributed by atoms with van der Waals surface area (Å²) in [6.45, 7) is 3.94. The van der Waals surface area contributed by atoms with E-state index in [1.165, 1.54) is 9.13 Å². The minimum Gasteiger partial charge on any atom is -0.370 e. The van der Waals surface area contributed by atoms with Crippen molar-refractivity contribution in [1.29, 1.82) is 0 Å². The molecule has 0 aliphatic carbocycles. The first-order valence-corrected chi connectivity index (χ1v) is 10.7. The first-order chi connectivity index (χ1) is 14.8. The number of nitrogens with zero attached hydrogens (tertiary/aromatic N) is 3. The first-order valence-electron chi connectivity index (χ1n) is 10.3. The Balaban J connectivity index is 1.86. The molecule has 162 valence electrons. The van der Waals surface area contributed by atoms with Crippen LogP contribution in [0.3, 0.4) is 0 Å². The van der Waals surface area contributed by atoms with Crippen molar-refractivity contribution in [2.45, 2.75) is 19.8 Å². The maximum absolute atomic E-state index is 13.0.